The van der Waals surface area contributed by atoms with Crippen LogP contribution in [-0.4, -0.2) is 37.2 Å². The lowest BCUT2D eigenvalue weighted by Crippen LogP contribution is -2.36. The second-order valence-corrected chi connectivity index (χ2v) is 10.7. The van der Waals surface area contributed by atoms with Crippen molar-refractivity contribution in [2.75, 3.05) is 26.3 Å². The van der Waals surface area contributed by atoms with Gasteiger partial charge in [0.05, 0.1) is 34.7 Å². The lowest BCUT2D eigenvalue weighted by Gasteiger charge is -2.27. The van der Waals surface area contributed by atoms with Crippen LogP contribution in [-0.2, 0) is 23.9 Å². The summed E-state index contributed by atoms with van der Waals surface area (Å²) in [4.78, 5) is 28.5. The third kappa shape index (κ3) is 6.99. The highest BCUT2D eigenvalue weighted by atomic mass is 35.5. The van der Waals surface area contributed by atoms with E-state index in [9.17, 15) is 22.8 Å². The van der Waals surface area contributed by atoms with Crippen LogP contribution in [0, 0.1) is 0 Å². The monoisotopic (exact) mass is 635 g/mol. The van der Waals surface area contributed by atoms with Gasteiger partial charge in [-0.1, -0.05) is 48.7 Å². The summed E-state index contributed by atoms with van der Waals surface area (Å²) < 4.78 is 65.1. The highest BCUT2D eigenvalue weighted by Crippen LogP contribution is 2.40. The van der Waals surface area contributed by atoms with Gasteiger partial charge >= 0.3 is 12.1 Å². The molecule has 0 bridgehead atoms. The number of carbonyl (C=O) groups excluding carboxylic acids is 1. The molecule has 1 saturated heterocycles. The molecule has 1 fully saturated rings. The van der Waals surface area contributed by atoms with Gasteiger partial charge in [-0.15, -0.1) is 0 Å². The standard InChI is InChI=1S/C31H26Cl2F3NO6/c1-2-3-18-4-7-20(8-5-18)41-28-26(38)22-10-11-25(42-30(39)21-9-6-19(32)16-24(21)33)23(17-37-12-14-40-15-13-37)27(22)43-29(28)31(34,35)36/h4-11,16H,2-3,12-15,17H2,1H3. The van der Waals surface area contributed by atoms with Crippen LogP contribution < -0.4 is 14.9 Å². The summed E-state index contributed by atoms with van der Waals surface area (Å²) in [7, 11) is 0. The Morgan fingerprint density at radius 2 is 1.74 bits per heavy atom. The number of nitrogens with zero attached hydrogens (tertiary/aromatic N) is 1. The van der Waals surface area contributed by atoms with Crippen LogP contribution >= 0.6 is 23.2 Å². The fraction of sp³-hybridized carbons (Fsp3) is 0.290. The van der Waals surface area contributed by atoms with E-state index in [1.165, 1.54) is 42.5 Å². The molecule has 0 radical (unpaired) electrons. The van der Waals surface area contributed by atoms with Gasteiger partial charge < -0.3 is 18.6 Å². The molecule has 0 aliphatic carbocycles. The molecule has 0 spiro atoms. The summed E-state index contributed by atoms with van der Waals surface area (Å²) in [6.45, 7) is 3.72. The SMILES string of the molecule is CCCc1ccc(Oc2c(C(F)(F)F)oc3c(CN4CCOCC4)c(OC(=O)c4ccc(Cl)cc4Cl)ccc3c2=O)cc1. The minimum atomic E-state index is -5.08. The maximum Gasteiger partial charge on any atom is 0.453 e. The van der Waals surface area contributed by atoms with E-state index >= 15 is 0 Å². The first kappa shape index (κ1) is 30.9. The predicted molar refractivity (Wildman–Crippen MR) is 156 cm³/mol. The van der Waals surface area contributed by atoms with Gasteiger partial charge in [-0.2, -0.15) is 13.2 Å². The number of benzene rings is 3. The highest BCUT2D eigenvalue weighted by molar-refractivity contribution is 6.36. The number of esters is 1. The average molecular weight is 636 g/mol. The van der Waals surface area contributed by atoms with Crippen LogP contribution in [0.5, 0.6) is 17.2 Å². The normalized spacial score (nSPS) is 14.2. The fourth-order valence-electron chi connectivity index (χ4n) is 4.73. The highest BCUT2D eigenvalue weighted by Gasteiger charge is 2.41. The Morgan fingerprint density at radius 3 is 2.40 bits per heavy atom. The molecule has 0 saturated carbocycles. The summed E-state index contributed by atoms with van der Waals surface area (Å²) in [5.41, 5.74) is -0.341. The van der Waals surface area contributed by atoms with E-state index in [2.05, 4.69) is 0 Å². The zero-order chi connectivity index (χ0) is 30.7. The first-order valence-corrected chi connectivity index (χ1v) is 14.2. The van der Waals surface area contributed by atoms with Gasteiger partial charge in [0.2, 0.25) is 11.2 Å². The topological polar surface area (TPSA) is 78.2 Å². The van der Waals surface area contributed by atoms with Gasteiger partial charge in [-0.3, -0.25) is 9.69 Å². The molecule has 7 nitrogen and oxygen atoms in total. The van der Waals surface area contributed by atoms with E-state index in [4.69, 9.17) is 41.8 Å². The van der Waals surface area contributed by atoms with E-state index in [-0.39, 0.29) is 45.2 Å². The third-order valence-corrected chi connectivity index (χ3v) is 7.41. The lowest BCUT2D eigenvalue weighted by atomic mass is 10.1. The zero-order valence-corrected chi connectivity index (χ0v) is 24.4. The van der Waals surface area contributed by atoms with Crippen molar-refractivity contribution in [2.45, 2.75) is 32.5 Å². The number of aryl methyl sites for hydroxylation is 1. The molecule has 0 unspecified atom stereocenters. The molecular weight excluding hydrogens is 610 g/mol. The Hall–Kier alpha value is -3.57. The van der Waals surface area contributed by atoms with Gasteiger partial charge in [0, 0.05) is 24.7 Å². The van der Waals surface area contributed by atoms with Crippen LogP contribution in [0.3, 0.4) is 0 Å². The second kappa shape index (κ2) is 13.0. The van der Waals surface area contributed by atoms with Crippen LogP contribution in [0.1, 0.15) is 40.6 Å². The predicted octanol–water partition coefficient (Wildman–Crippen LogP) is 7.91. The van der Waals surface area contributed by atoms with Crippen molar-refractivity contribution >= 4 is 40.1 Å². The van der Waals surface area contributed by atoms with Gasteiger partial charge in [0.1, 0.15) is 17.1 Å². The largest absolute Gasteiger partial charge is 0.453 e. The number of ether oxygens (including phenoxy) is 3. The Morgan fingerprint density at radius 1 is 1.02 bits per heavy atom. The van der Waals surface area contributed by atoms with Crippen LogP contribution in [0.2, 0.25) is 10.0 Å². The Kier molecular flexibility index (Phi) is 9.31. The molecule has 226 valence electrons. The van der Waals surface area contributed by atoms with Gasteiger partial charge in [0.15, 0.2) is 0 Å². The lowest BCUT2D eigenvalue weighted by molar-refractivity contribution is -0.154. The van der Waals surface area contributed by atoms with E-state index < -0.39 is 29.1 Å². The van der Waals surface area contributed by atoms with Crippen molar-refractivity contribution in [1.29, 1.82) is 0 Å². The van der Waals surface area contributed by atoms with E-state index in [0.29, 0.717) is 31.3 Å². The molecule has 1 aliphatic heterocycles. The van der Waals surface area contributed by atoms with Crippen molar-refractivity contribution in [2.24, 2.45) is 0 Å². The average Bonchev–Trinajstić information content (AvgIpc) is 2.96. The second-order valence-electron chi connectivity index (χ2n) is 9.90. The smallest absolute Gasteiger partial charge is 0.449 e. The minimum absolute atomic E-state index is 0.00498. The number of rotatable bonds is 8. The van der Waals surface area contributed by atoms with E-state index in [0.717, 1.165) is 18.4 Å². The van der Waals surface area contributed by atoms with Crippen molar-refractivity contribution in [3.63, 3.8) is 0 Å². The number of alkyl halides is 3. The molecule has 0 atom stereocenters. The van der Waals surface area contributed by atoms with Crippen molar-refractivity contribution in [3.8, 4) is 17.2 Å². The molecule has 4 aromatic rings. The molecule has 3 aromatic carbocycles. The van der Waals surface area contributed by atoms with Crippen LogP contribution in [0.15, 0.2) is 63.8 Å². The fourth-order valence-corrected chi connectivity index (χ4v) is 5.21. The van der Waals surface area contributed by atoms with Crippen molar-refractivity contribution in [3.05, 3.63) is 97.3 Å². The first-order valence-electron chi connectivity index (χ1n) is 13.5. The van der Waals surface area contributed by atoms with Crippen molar-refractivity contribution in [1.82, 2.24) is 4.90 Å². The number of hydrogen-bond acceptors (Lipinski definition) is 7. The van der Waals surface area contributed by atoms with Crippen LogP contribution in [0.25, 0.3) is 11.0 Å². The van der Waals surface area contributed by atoms with E-state index in [1.807, 2.05) is 11.8 Å². The molecule has 5 rings (SSSR count). The number of hydrogen-bond donors (Lipinski definition) is 0. The van der Waals surface area contributed by atoms with Crippen molar-refractivity contribution < 1.29 is 36.6 Å². The summed E-state index contributed by atoms with van der Waals surface area (Å²) in [5, 5.41) is 0.165. The molecule has 43 heavy (non-hydrogen) atoms. The number of carbonyl (C=O) groups is 1. The summed E-state index contributed by atoms with van der Waals surface area (Å²) in [5.74, 6) is -3.50. The van der Waals surface area contributed by atoms with Gasteiger partial charge in [-0.05, 0) is 54.4 Å². The van der Waals surface area contributed by atoms with Gasteiger partial charge in [0.25, 0.3) is 5.76 Å². The third-order valence-electron chi connectivity index (χ3n) is 6.86. The number of morpholine rings is 1. The Labute approximate surface area is 254 Å². The molecule has 0 amide bonds. The zero-order valence-electron chi connectivity index (χ0n) is 22.9. The summed E-state index contributed by atoms with van der Waals surface area (Å²) in [6, 6.07) is 13.2. The maximum atomic E-state index is 14.4. The molecule has 0 N–H and O–H groups in total. The minimum Gasteiger partial charge on any atom is -0.449 e. The molecular formula is C31H26Cl2F3NO6. The summed E-state index contributed by atoms with van der Waals surface area (Å²) in [6.07, 6.45) is -3.40. The maximum absolute atomic E-state index is 14.4. The Bertz CT molecular complexity index is 1700. The van der Waals surface area contributed by atoms with Crippen LogP contribution in [0.4, 0.5) is 13.2 Å². The first-order chi connectivity index (χ1) is 20.5. The van der Waals surface area contributed by atoms with E-state index in [1.54, 1.807) is 12.1 Å². The molecule has 1 aliphatic rings. The Balaban J connectivity index is 1.63. The molecule has 1 aromatic heterocycles. The van der Waals surface area contributed by atoms with Gasteiger partial charge in [-0.25, -0.2) is 4.79 Å². The number of halogens is 5. The molecule has 2 heterocycles. The molecule has 12 heteroatoms. The quantitative estimate of drug-likeness (QED) is 0.144. The summed E-state index contributed by atoms with van der Waals surface area (Å²) >= 11 is 12.1. The number of fused-ring (bicyclic) bond motifs is 1.